The lowest BCUT2D eigenvalue weighted by Crippen LogP contribution is -2.35. The van der Waals surface area contributed by atoms with Crippen molar-refractivity contribution in [2.45, 2.75) is 42.5 Å². The minimum absolute atomic E-state index is 0.00304. The maximum Gasteiger partial charge on any atom is 0.303 e. The van der Waals surface area contributed by atoms with Gasteiger partial charge in [0.25, 0.3) is 0 Å². The van der Waals surface area contributed by atoms with Gasteiger partial charge in [-0.3, -0.25) is 14.6 Å². The first kappa shape index (κ1) is 20.0. The second kappa shape index (κ2) is 9.41. The van der Waals surface area contributed by atoms with Crippen molar-refractivity contribution < 1.29 is 14.7 Å². The number of carbonyl (C=O) groups excluding carboxylic acids is 1. The number of carboxylic acids is 1. The van der Waals surface area contributed by atoms with E-state index in [1.807, 2.05) is 6.08 Å². The summed E-state index contributed by atoms with van der Waals surface area (Å²) in [7, 11) is 0. The Labute approximate surface area is 161 Å². The van der Waals surface area contributed by atoms with E-state index in [4.69, 9.17) is 28.3 Å². The highest BCUT2D eigenvalue weighted by molar-refractivity contribution is 8.00. The van der Waals surface area contributed by atoms with Gasteiger partial charge in [-0.25, -0.2) is 0 Å². The molecule has 1 atom stereocenters. The highest BCUT2D eigenvalue weighted by atomic mass is 35.5. The predicted octanol–water partition coefficient (Wildman–Crippen LogP) is 5.07. The van der Waals surface area contributed by atoms with Gasteiger partial charge in [-0.1, -0.05) is 42.1 Å². The second-order valence-corrected chi connectivity index (χ2v) is 7.58. The Morgan fingerprint density at radius 3 is 2.48 bits per heavy atom. The average molecular weight is 400 g/mol. The van der Waals surface area contributed by atoms with Gasteiger partial charge in [-0.05, 0) is 37.1 Å². The first-order valence-corrected chi connectivity index (χ1v) is 9.74. The van der Waals surface area contributed by atoms with Crippen LogP contribution in [0.5, 0.6) is 0 Å². The van der Waals surface area contributed by atoms with Crippen molar-refractivity contribution in [3.63, 3.8) is 0 Å². The zero-order valence-electron chi connectivity index (χ0n) is 13.6. The molecular formula is C18H19Cl2NO3S. The summed E-state index contributed by atoms with van der Waals surface area (Å²) < 4.78 is 0. The Kier molecular flexibility index (Phi) is 7.54. The lowest BCUT2D eigenvalue weighted by atomic mass is 9.89. The van der Waals surface area contributed by atoms with Crippen LogP contribution in [-0.2, 0) is 9.59 Å². The molecule has 1 aromatic rings. The molecule has 7 heteroatoms. The van der Waals surface area contributed by atoms with Crippen LogP contribution in [0.3, 0.4) is 0 Å². The van der Waals surface area contributed by atoms with E-state index in [2.05, 4.69) is 4.99 Å². The van der Waals surface area contributed by atoms with E-state index in [1.165, 1.54) is 11.8 Å². The van der Waals surface area contributed by atoms with Crippen LogP contribution in [-0.4, -0.2) is 34.4 Å². The van der Waals surface area contributed by atoms with Gasteiger partial charge in [0.1, 0.15) is 5.54 Å². The van der Waals surface area contributed by atoms with Crippen molar-refractivity contribution in [2.24, 2.45) is 4.99 Å². The molecule has 1 aliphatic heterocycles. The zero-order valence-corrected chi connectivity index (χ0v) is 15.9. The number of hydrogen-bond acceptors (Lipinski definition) is 4. The Morgan fingerprint density at radius 1 is 1.16 bits per heavy atom. The molecule has 0 bridgehead atoms. The van der Waals surface area contributed by atoms with Crippen LogP contribution in [0.4, 0.5) is 0 Å². The number of thioether (sulfide) groups is 1. The molecule has 0 saturated heterocycles. The fourth-order valence-electron chi connectivity index (χ4n) is 2.60. The number of carboxylic acid groups (broad SMARTS) is 1. The molecule has 0 aliphatic carbocycles. The molecule has 0 amide bonds. The number of aliphatic carboxylic acids is 1. The monoisotopic (exact) mass is 399 g/mol. The van der Waals surface area contributed by atoms with E-state index < -0.39 is 11.5 Å². The smallest absolute Gasteiger partial charge is 0.303 e. The Morgan fingerprint density at radius 2 is 1.88 bits per heavy atom. The minimum Gasteiger partial charge on any atom is -0.481 e. The van der Waals surface area contributed by atoms with E-state index in [0.29, 0.717) is 27.8 Å². The van der Waals surface area contributed by atoms with Crippen LogP contribution in [0.2, 0.25) is 10.0 Å². The van der Waals surface area contributed by atoms with Crippen molar-refractivity contribution in [2.75, 3.05) is 5.75 Å². The highest BCUT2D eigenvalue weighted by Gasteiger charge is 2.35. The van der Waals surface area contributed by atoms with Crippen LogP contribution >= 0.6 is 35.0 Å². The number of halogens is 2. The normalized spacial score (nSPS) is 18.6. The number of benzene rings is 1. The quantitative estimate of drug-likeness (QED) is 0.440. The molecule has 0 saturated carbocycles. The highest BCUT2D eigenvalue weighted by Crippen LogP contribution is 2.36. The number of allylic oxidation sites excluding steroid dienone is 1. The number of hydrogen-bond donors (Lipinski definition) is 1. The third-order valence-electron chi connectivity index (χ3n) is 3.96. The molecule has 1 aromatic carbocycles. The van der Waals surface area contributed by atoms with E-state index in [9.17, 15) is 9.59 Å². The maximum absolute atomic E-state index is 12.8. The zero-order chi connectivity index (χ0) is 18.3. The molecular weight excluding hydrogens is 381 g/mol. The maximum atomic E-state index is 12.8. The van der Waals surface area contributed by atoms with Crippen molar-refractivity contribution in [1.29, 1.82) is 0 Å². The van der Waals surface area contributed by atoms with E-state index in [0.717, 1.165) is 12.8 Å². The first-order chi connectivity index (χ1) is 11.9. The molecule has 134 valence electrons. The molecule has 1 heterocycles. The summed E-state index contributed by atoms with van der Waals surface area (Å²) in [6.45, 7) is 0. The lowest BCUT2D eigenvalue weighted by molar-refractivity contribution is -0.137. The SMILES string of the molecule is O=C(O)CCCCCC1(C(=O)CSc2c(Cl)cccc2Cl)C=CC=N1. The fraction of sp³-hybridized carbons (Fsp3) is 0.389. The molecule has 2 rings (SSSR count). The van der Waals surface area contributed by atoms with Gasteiger partial charge < -0.3 is 5.11 Å². The second-order valence-electron chi connectivity index (χ2n) is 5.78. The third-order valence-corrected chi connectivity index (χ3v) is 5.95. The number of rotatable bonds is 10. The molecule has 1 unspecified atom stereocenters. The Hall–Kier alpha value is -1.30. The van der Waals surface area contributed by atoms with Crippen LogP contribution in [0, 0.1) is 0 Å². The van der Waals surface area contributed by atoms with E-state index in [1.54, 1.807) is 30.5 Å². The molecule has 4 nitrogen and oxygen atoms in total. The summed E-state index contributed by atoms with van der Waals surface area (Å²) in [5.41, 5.74) is -0.843. The van der Waals surface area contributed by atoms with Gasteiger partial charge >= 0.3 is 5.97 Å². The van der Waals surface area contributed by atoms with Gasteiger partial charge in [-0.2, -0.15) is 0 Å². The number of unbranched alkanes of at least 4 members (excludes halogenated alkanes) is 2. The summed E-state index contributed by atoms with van der Waals surface area (Å²) in [4.78, 5) is 28.4. The van der Waals surface area contributed by atoms with E-state index in [-0.39, 0.29) is 18.0 Å². The number of nitrogens with zero attached hydrogens (tertiary/aromatic N) is 1. The van der Waals surface area contributed by atoms with Gasteiger partial charge in [-0.15, -0.1) is 11.8 Å². The molecule has 0 fully saturated rings. The fourth-order valence-corrected chi connectivity index (χ4v) is 4.27. The summed E-state index contributed by atoms with van der Waals surface area (Å²) in [5.74, 6) is -0.574. The van der Waals surface area contributed by atoms with Gasteiger partial charge in [0.15, 0.2) is 5.78 Å². The van der Waals surface area contributed by atoms with Crippen LogP contribution in [0.25, 0.3) is 0 Å². The number of carbonyl (C=O) groups is 2. The third kappa shape index (κ3) is 5.59. The summed E-state index contributed by atoms with van der Waals surface area (Å²) in [6.07, 6.45) is 8.09. The molecule has 0 spiro atoms. The molecule has 0 radical (unpaired) electrons. The van der Waals surface area contributed by atoms with Crippen LogP contribution < -0.4 is 0 Å². The molecule has 1 aliphatic rings. The van der Waals surface area contributed by atoms with Gasteiger partial charge in [0.05, 0.1) is 15.8 Å². The van der Waals surface area contributed by atoms with Crippen molar-refractivity contribution in [3.05, 3.63) is 40.4 Å². The van der Waals surface area contributed by atoms with Crippen molar-refractivity contribution in [1.82, 2.24) is 0 Å². The average Bonchev–Trinajstić information content (AvgIpc) is 3.03. The summed E-state index contributed by atoms with van der Waals surface area (Å²) in [5, 5.41) is 9.73. The summed E-state index contributed by atoms with van der Waals surface area (Å²) in [6, 6.07) is 5.25. The van der Waals surface area contributed by atoms with Crippen molar-refractivity contribution >= 4 is 52.9 Å². The van der Waals surface area contributed by atoms with Gasteiger partial charge in [0, 0.05) is 17.5 Å². The Bertz CT molecular complexity index is 671. The molecule has 25 heavy (non-hydrogen) atoms. The minimum atomic E-state index is -0.843. The summed E-state index contributed by atoms with van der Waals surface area (Å²) >= 11 is 13.6. The standard InChI is InChI=1S/C18H19Cl2NO3S/c19-13-6-4-7-14(20)17(13)25-12-15(22)18(10-5-11-21-18)9-3-1-2-8-16(23)24/h4-7,10-11H,1-3,8-9,12H2,(H,23,24). The van der Waals surface area contributed by atoms with Crippen molar-refractivity contribution in [3.8, 4) is 0 Å². The largest absolute Gasteiger partial charge is 0.481 e. The molecule has 1 N–H and O–H groups in total. The predicted molar refractivity (Wildman–Crippen MR) is 103 cm³/mol. The molecule has 0 aromatic heterocycles. The topological polar surface area (TPSA) is 66.7 Å². The van der Waals surface area contributed by atoms with E-state index >= 15 is 0 Å². The lowest BCUT2D eigenvalue weighted by Gasteiger charge is -2.22. The van der Waals surface area contributed by atoms with Crippen LogP contribution in [0.15, 0.2) is 40.2 Å². The number of Topliss-reactive ketones (excluding diaryl/α,β-unsaturated/α-hetero) is 1. The first-order valence-electron chi connectivity index (χ1n) is 7.99. The number of aliphatic imine (C=N–C) groups is 1. The Balaban J connectivity index is 1.93. The number of ketones is 1. The van der Waals surface area contributed by atoms with Gasteiger partial charge in [0.2, 0.25) is 0 Å². The van der Waals surface area contributed by atoms with Crippen LogP contribution in [0.1, 0.15) is 32.1 Å².